The molecule has 0 radical (unpaired) electrons. The molecule has 2 heterocycles. The van der Waals surface area contributed by atoms with Gasteiger partial charge in [-0.3, -0.25) is 10.1 Å². The van der Waals surface area contributed by atoms with Gasteiger partial charge in [0.05, 0.1) is 0 Å². The summed E-state index contributed by atoms with van der Waals surface area (Å²) in [7, 11) is 0. The number of carbonyl (C=O) groups excluding carboxylic acids is 1. The molecule has 8 heteroatoms. The van der Waals surface area contributed by atoms with Crippen molar-refractivity contribution in [3.63, 3.8) is 0 Å². The molecule has 7 nitrogen and oxygen atoms in total. The maximum Gasteiger partial charge on any atom is 0.322 e. The molecule has 1 aliphatic heterocycles. The van der Waals surface area contributed by atoms with Crippen LogP contribution >= 0.6 is 0 Å². The Morgan fingerprint density at radius 3 is 2.71 bits per heavy atom. The van der Waals surface area contributed by atoms with Gasteiger partial charge in [-0.15, -0.1) is 5.10 Å². The fourth-order valence-corrected chi connectivity index (χ4v) is 1.63. The molecule has 0 unspecified atom stereocenters. The van der Waals surface area contributed by atoms with Crippen LogP contribution in [0.1, 0.15) is 0 Å². The van der Waals surface area contributed by atoms with Gasteiger partial charge in [0.25, 0.3) is 5.91 Å². The van der Waals surface area contributed by atoms with Crippen molar-refractivity contribution in [3.8, 4) is 11.5 Å². The summed E-state index contributed by atoms with van der Waals surface area (Å²) in [5.41, 5.74) is 0.542. The highest BCUT2D eigenvalue weighted by atomic mass is 19.1. The average Bonchev–Trinajstić information content (AvgIpc) is 2.97. The van der Waals surface area contributed by atoms with E-state index in [1.54, 1.807) is 0 Å². The van der Waals surface area contributed by atoms with E-state index in [-0.39, 0.29) is 23.5 Å². The topological polar surface area (TPSA) is 86.5 Å². The molecule has 0 saturated heterocycles. The molecule has 1 aliphatic rings. The standard InChI is InChI=1S/C13H10FN3O4/c14-9-3-1-8(2-4-9)12-16-17-13(21-12)15-11(18)10-7-19-5-6-20-10/h1-4,7H,5-6H2,(H,15,17,18). The van der Waals surface area contributed by atoms with E-state index >= 15 is 0 Å². The van der Waals surface area contributed by atoms with Crippen molar-refractivity contribution in [1.29, 1.82) is 0 Å². The molecular weight excluding hydrogens is 281 g/mol. The summed E-state index contributed by atoms with van der Waals surface area (Å²) in [5.74, 6) is -0.722. The average molecular weight is 291 g/mol. The maximum absolute atomic E-state index is 12.8. The lowest BCUT2D eigenvalue weighted by atomic mass is 10.2. The summed E-state index contributed by atoms with van der Waals surface area (Å²) in [6, 6.07) is 5.45. The van der Waals surface area contributed by atoms with E-state index in [1.807, 2.05) is 0 Å². The summed E-state index contributed by atoms with van der Waals surface area (Å²) in [5, 5.41) is 9.84. The summed E-state index contributed by atoms with van der Waals surface area (Å²) in [6.07, 6.45) is 1.22. The van der Waals surface area contributed by atoms with Crippen molar-refractivity contribution >= 4 is 11.9 Å². The van der Waals surface area contributed by atoms with Crippen molar-refractivity contribution in [3.05, 3.63) is 42.1 Å². The van der Waals surface area contributed by atoms with Crippen LogP contribution in [0.2, 0.25) is 0 Å². The molecular formula is C13H10FN3O4. The Labute approximate surface area is 118 Å². The molecule has 2 aromatic rings. The van der Waals surface area contributed by atoms with Gasteiger partial charge in [0.2, 0.25) is 11.6 Å². The number of rotatable bonds is 3. The van der Waals surface area contributed by atoms with Crippen LogP contribution in [0.5, 0.6) is 0 Å². The van der Waals surface area contributed by atoms with E-state index in [0.29, 0.717) is 18.8 Å². The number of ether oxygens (including phenoxy) is 2. The highest BCUT2D eigenvalue weighted by Crippen LogP contribution is 2.20. The molecule has 0 aliphatic carbocycles. The van der Waals surface area contributed by atoms with Crippen molar-refractivity contribution < 1.29 is 23.1 Å². The fourth-order valence-electron chi connectivity index (χ4n) is 1.63. The van der Waals surface area contributed by atoms with E-state index in [9.17, 15) is 9.18 Å². The molecule has 3 rings (SSSR count). The first-order valence-electron chi connectivity index (χ1n) is 6.08. The summed E-state index contributed by atoms with van der Waals surface area (Å²) >= 11 is 0. The molecule has 108 valence electrons. The first-order valence-corrected chi connectivity index (χ1v) is 6.08. The number of nitrogens with one attached hydrogen (secondary N) is 1. The van der Waals surface area contributed by atoms with Crippen LogP contribution in [0, 0.1) is 5.82 Å². The number of amides is 1. The zero-order valence-corrected chi connectivity index (χ0v) is 10.7. The predicted molar refractivity (Wildman–Crippen MR) is 68.3 cm³/mol. The SMILES string of the molecule is O=C(Nc1nnc(-c2ccc(F)cc2)o1)C1=COCCO1. The van der Waals surface area contributed by atoms with Crippen LogP contribution in [0.3, 0.4) is 0 Å². The second-order valence-electron chi connectivity index (χ2n) is 4.07. The Morgan fingerprint density at radius 1 is 1.19 bits per heavy atom. The van der Waals surface area contributed by atoms with Crippen LogP contribution in [-0.2, 0) is 14.3 Å². The normalized spacial score (nSPS) is 13.9. The highest BCUT2D eigenvalue weighted by molar-refractivity contribution is 6.00. The molecule has 1 N–H and O–H groups in total. The zero-order chi connectivity index (χ0) is 14.7. The second-order valence-corrected chi connectivity index (χ2v) is 4.07. The first kappa shape index (κ1) is 13.1. The molecule has 0 spiro atoms. The minimum atomic E-state index is -0.552. The van der Waals surface area contributed by atoms with Gasteiger partial charge >= 0.3 is 6.01 Å². The van der Waals surface area contributed by atoms with Crippen molar-refractivity contribution in [2.45, 2.75) is 0 Å². The second kappa shape index (κ2) is 5.61. The number of anilines is 1. The van der Waals surface area contributed by atoms with Gasteiger partial charge in [0.15, 0.2) is 0 Å². The van der Waals surface area contributed by atoms with Crippen LogP contribution in [0.15, 0.2) is 40.7 Å². The number of halogens is 1. The van der Waals surface area contributed by atoms with Crippen molar-refractivity contribution in [1.82, 2.24) is 10.2 Å². The molecule has 1 aromatic carbocycles. The lowest BCUT2D eigenvalue weighted by molar-refractivity contribution is -0.117. The van der Waals surface area contributed by atoms with E-state index in [2.05, 4.69) is 15.5 Å². The van der Waals surface area contributed by atoms with Crippen LogP contribution < -0.4 is 5.32 Å². The Hall–Kier alpha value is -2.90. The van der Waals surface area contributed by atoms with E-state index in [0.717, 1.165) is 0 Å². The Kier molecular flexibility index (Phi) is 3.50. The summed E-state index contributed by atoms with van der Waals surface area (Å²) < 4.78 is 28.2. The maximum atomic E-state index is 12.8. The zero-order valence-electron chi connectivity index (χ0n) is 10.7. The third kappa shape index (κ3) is 2.99. The van der Waals surface area contributed by atoms with Gasteiger partial charge in [-0.2, -0.15) is 0 Å². The largest absolute Gasteiger partial charge is 0.494 e. The first-order chi connectivity index (χ1) is 10.2. The molecule has 21 heavy (non-hydrogen) atoms. The van der Waals surface area contributed by atoms with Crippen molar-refractivity contribution in [2.75, 3.05) is 18.5 Å². The van der Waals surface area contributed by atoms with Gasteiger partial charge in [-0.05, 0) is 24.3 Å². The smallest absolute Gasteiger partial charge is 0.322 e. The van der Waals surface area contributed by atoms with Crippen LogP contribution in [0.4, 0.5) is 10.4 Å². The van der Waals surface area contributed by atoms with Gasteiger partial charge in [-0.25, -0.2) is 4.39 Å². The Balaban J connectivity index is 1.71. The lowest BCUT2D eigenvalue weighted by Gasteiger charge is -2.13. The van der Waals surface area contributed by atoms with Gasteiger partial charge in [0, 0.05) is 5.56 Å². The molecule has 1 amide bonds. The molecule has 0 fully saturated rings. The molecule has 1 aromatic heterocycles. The third-order valence-electron chi connectivity index (χ3n) is 2.61. The Morgan fingerprint density at radius 2 is 2.00 bits per heavy atom. The van der Waals surface area contributed by atoms with Crippen LogP contribution in [0.25, 0.3) is 11.5 Å². The fraction of sp³-hybridized carbons (Fsp3) is 0.154. The quantitative estimate of drug-likeness (QED) is 0.926. The highest BCUT2D eigenvalue weighted by Gasteiger charge is 2.18. The molecule has 0 saturated carbocycles. The minimum Gasteiger partial charge on any atom is -0.494 e. The summed E-state index contributed by atoms with van der Waals surface area (Å²) in [4.78, 5) is 11.8. The predicted octanol–water partition coefficient (Wildman–Crippen LogP) is 1.70. The van der Waals surface area contributed by atoms with Crippen molar-refractivity contribution in [2.24, 2.45) is 0 Å². The number of aromatic nitrogens is 2. The van der Waals surface area contributed by atoms with E-state index in [4.69, 9.17) is 13.9 Å². The number of hydrogen-bond donors (Lipinski definition) is 1. The van der Waals surface area contributed by atoms with E-state index in [1.165, 1.54) is 30.5 Å². The summed E-state index contributed by atoms with van der Waals surface area (Å²) in [6.45, 7) is 0.690. The molecule has 0 bridgehead atoms. The lowest BCUT2D eigenvalue weighted by Crippen LogP contribution is -2.21. The van der Waals surface area contributed by atoms with Gasteiger partial charge in [0.1, 0.15) is 25.3 Å². The van der Waals surface area contributed by atoms with E-state index < -0.39 is 5.91 Å². The minimum absolute atomic E-state index is 0.0304. The number of carbonyl (C=O) groups is 1. The number of benzene rings is 1. The number of hydrogen-bond acceptors (Lipinski definition) is 6. The van der Waals surface area contributed by atoms with Gasteiger partial charge in [-0.1, -0.05) is 5.10 Å². The molecule has 0 atom stereocenters. The number of nitrogens with zero attached hydrogens (tertiary/aromatic N) is 2. The Bertz CT molecular complexity index is 681. The van der Waals surface area contributed by atoms with Gasteiger partial charge < -0.3 is 13.9 Å². The third-order valence-corrected chi connectivity index (χ3v) is 2.61. The monoisotopic (exact) mass is 291 g/mol. The van der Waals surface area contributed by atoms with Crippen LogP contribution in [-0.4, -0.2) is 29.3 Å².